The Balaban J connectivity index is 2.03. The van der Waals surface area contributed by atoms with Crippen molar-refractivity contribution in [2.75, 3.05) is 11.3 Å². The minimum Gasteiger partial charge on any atom is -0.504 e. The summed E-state index contributed by atoms with van der Waals surface area (Å²) in [5.74, 6) is -1.64. The molecular formula is C10H12N4O6S. The molecule has 0 unspecified atom stereocenters. The number of hydrogen-bond donors (Lipinski definition) is 5. The minimum atomic E-state index is -4.30. The first-order valence-corrected chi connectivity index (χ1v) is 7.11. The van der Waals surface area contributed by atoms with Crippen molar-refractivity contribution in [2.45, 2.75) is 6.04 Å². The molecule has 1 aliphatic rings. The number of carbonyl (C=O) groups excluding carboxylic acids is 2. The maximum Gasteiger partial charge on any atom is 0.339 e. The molecule has 1 fully saturated rings. The fourth-order valence-corrected chi connectivity index (χ4v) is 2.40. The van der Waals surface area contributed by atoms with Crippen molar-refractivity contribution in [3.8, 4) is 11.5 Å². The number of imide groups is 1. The predicted octanol–water partition coefficient (Wildman–Crippen LogP) is -1.37. The molecule has 1 aromatic rings. The number of urea groups is 1. The second-order valence-electron chi connectivity index (χ2n) is 4.27. The largest absolute Gasteiger partial charge is 0.504 e. The lowest BCUT2D eigenvalue weighted by atomic mass is 10.1. The zero-order chi connectivity index (χ0) is 15.8. The molecule has 0 radical (unpaired) electrons. The van der Waals surface area contributed by atoms with Gasteiger partial charge in [-0.05, 0) is 12.1 Å². The number of phenols is 2. The normalized spacial score (nSPS) is 18.0. The first kappa shape index (κ1) is 14.9. The van der Waals surface area contributed by atoms with Crippen LogP contribution in [0, 0.1) is 0 Å². The lowest BCUT2D eigenvalue weighted by Gasteiger charge is -2.33. The second-order valence-corrected chi connectivity index (χ2v) is 5.69. The second kappa shape index (κ2) is 5.10. The third-order valence-corrected chi connectivity index (χ3v) is 3.60. The van der Waals surface area contributed by atoms with Crippen molar-refractivity contribution in [3.63, 3.8) is 0 Å². The van der Waals surface area contributed by atoms with E-state index in [-0.39, 0.29) is 12.2 Å². The highest BCUT2D eigenvalue weighted by Crippen LogP contribution is 2.27. The molecule has 11 heteroatoms. The maximum atomic E-state index is 11.7. The molecule has 0 aromatic heterocycles. The Morgan fingerprint density at radius 2 is 2.00 bits per heavy atom. The van der Waals surface area contributed by atoms with E-state index in [1.165, 1.54) is 6.07 Å². The molecular weight excluding hydrogens is 304 g/mol. The Bertz CT molecular complexity index is 703. The summed E-state index contributed by atoms with van der Waals surface area (Å²) in [6.45, 7) is -0.0693. The lowest BCUT2D eigenvalue weighted by Crippen LogP contribution is -2.65. The van der Waals surface area contributed by atoms with Gasteiger partial charge in [0.1, 0.15) is 6.04 Å². The van der Waals surface area contributed by atoms with Gasteiger partial charge in [-0.3, -0.25) is 14.4 Å². The first-order valence-electron chi connectivity index (χ1n) is 5.63. The number of benzene rings is 1. The molecule has 0 bridgehead atoms. The van der Waals surface area contributed by atoms with Crippen LogP contribution in [0.15, 0.2) is 18.2 Å². The molecule has 1 aliphatic heterocycles. The quantitative estimate of drug-likeness (QED) is 0.261. The first-order chi connectivity index (χ1) is 9.69. The Morgan fingerprint density at radius 3 is 2.52 bits per heavy atom. The van der Waals surface area contributed by atoms with E-state index in [0.29, 0.717) is 4.90 Å². The number of nitrogens with two attached hydrogens (primary N) is 1. The number of β-lactam (4-membered cyclic amide) rings is 1. The smallest absolute Gasteiger partial charge is 0.339 e. The fourth-order valence-electron chi connectivity index (χ4n) is 1.57. The van der Waals surface area contributed by atoms with Crippen LogP contribution in [0.3, 0.4) is 0 Å². The molecule has 1 atom stereocenters. The van der Waals surface area contributed by atoms with Crippen LogP contribution in [-0.2, 0) is 15.0 Å². The predicted molar refractivity (Wildman–Crippen MR) is 70.5 cm³/mol. The molecule has 0 aliphatic carbocycles. The number of carbonyl (C=O) groups is 2. The summed E-state index contributed by atoms with van der Waals surface area (Å²) in [6, 6.07) is 1.25. The number of rotatable bonds is 3. The van der Waals surface area contributed by atoms with Gasteiger partial charge < -0.3 is 15.9 Å². The molecule has 0 spiro atoms. The molecule has 1 heterocycles. The Kier molecular flexibility index (Phi) is 3.61. The zero-order valence-electron chi connectivity index (χ0n) is 10.5. The summed E-state index contributed by atoms with van der Waals surface area (Å²) in [5.41, 5.74) is 5.19. The van der Waals surface area contributed by atoms with Crippen molar-refractivity contribution in [1.82, 2.24) is 9.62 Å². The van der Waals surface area contributed by atoms with Crippen LogP contribution >= 0.6 is 0 Å². The SMILES string of the molecule is N[C@H]1CN(C(=O)NS(=O)(=O)Nc2ccc(O)c(O)c2)C1=O. The van der Waals surface area contributed by atoms with Gasteiger partial charge in [0.2, 0.25) is 5.91 Å². The van der Waals surface area contributed by atoms with E-state index in [0.717, 1.165) is 12.1 Å². The topological polar surface area (TPSA) is 162 Å². The Hall–Kier alpha value is -2.53. The summed E-state index contributed by atoms with van der Waals surface area (Å²) in [6.07, 6.45) is 0. The summed E-state index contributed by atoms with van der Waals surface area (Å²) in [7, 11) is -4.30. The number of amides is 3. The Morgan fingerprint density at radius 1 is 1.33 bits per heavy atom. The van der Waals surface area contributed by atoms with E-state index in [9.17, 15) is 23.1 Å². The van der Waals surface area contributed by atoms with Crippen LogP contribution < -0.4 is 15.2 Å². The van der Waals surface area contributed by atoms with E-state index in [1.807, 2.05) is 4.72 Å². The molecule has 2 rings (SSSR count). The molecule has 1 aromatic carbocycles. The summed E-state index contributed by atoms with van der Waals surface area (Å²) in [4.78, 5) is 23.4. The van der Waals surface area contributed by atoms with Crippen molar-refractivity contribution in [1.29, 1.82) is 0 Å². The minimum absolute atomic E-state index is 0.0693. The van der Waals surface area contributed by atoms with E-state index in [4.69, 9.17) is 10.8 Å². The van der Waals surface area contributed by atoms with E-state index >= 15 is 0 Å². The van der Waals surface area contributed by atoms with Gasteiger partial charge in [0.05, 0.1) is 12.2 Å². The number of anilines is 1. The van der Waals surface area contributed by atoms with E-state index in [2.05, 4.69) is 0 Å². The average molecular weight is 316 g/mol. The van der Waals surface area contributed by atoms with Crippen molar-refractivity contribution in [2.24, 2.45) is 5.73 Å². The van der Waals surface area contributed by atoms with Gasteiger partial charge in [-0.2, -0.15) is 8.42 Å². The van der Waals surface area contributed by atoms with Gasteiger partial charge in [0, 0.05) is 6.07 Å². The van der Waals surface area contributed by atoms with Crippen LogP contribution in [-0.4, -0.2) is 48.1 Å². The van der Waals surface area contributed by atoms with Crippen molar-refractivity contribution >= 4 is 27.8 Å². The van der Waals surface area contributed by atoms with Crippen LogP contribution in [0.5, 0.6) is 11.5 Å². The Labute approximate surface area is 119 Å². The van der Waals surface area contributed by atoms with E-state index in [1.54, 1.807) is 4.72 Å². The third-order valence-electron chi connectivity index (χ3n) is 2.66. The number of aromatic hydroxyl groups is 2. The van der Waals surface area contributed by atoms with Crippen molar-refractivity contribution in [3.05, 3.63) is 18.2 Å². The van der Waals surface area contributed by atoms with Crippen LogP contribution in [0.4, 0.5) is 10.5 Å². The summed E-state index contributed by atoms with van der Waals surface area (Å²) < 4.78 is 26.9. The van der Waals surface area contributed by atoms with Crippen molar-refractivity contribution < 1.29 is 28.2 Å². The molecule has 6 N–H and O–H groups in total. The fraction of sp³-hybridized carbons (Fsp3) is 0.200. The molecule has 10 nitrogen and oxygen atoms in total. The number of nitrogens with zero attached hydrogens (tertiary/aromatic N) is 1. The number of nitrogens with one attached hydrogen (secondary N) is 2. The van der Waals surface area contributed by atoms with Gasteiger partial charge in [-0.15, -0.1) is 0 Å². The highest BCUT2D eigenvalue weighted by molar-refractivity contribution is 7.91. The number of hydrogen-bond acceptors (Lipinski definition) is 7. The highest BCUT2D eigenvalue weighted by atomic mass is 32.2. The van der Waals surface area contributed by atoms with Gasteiger partial charge in [-0.25, -0.2) is 9.52 Å². The number of likely N-dealkylation sites (tertiary alicyclic amines) is 1. The zero-order valence-corrected chi connectivity index (χ0v) is 11.3. The molecule has 3 amide bonds. The third kappa shape index (κ3) is 3.14. The molecule has 114 valence electrons. The van der Waals surface area contributed by atoms with E-state index < -0.39 is 39.7 Å². The lowest BCUT2D eigenvalue weighted by molar-refractivity contribution is -0.137. The van der Waals surface area contributed by atoms with Gasteiger partial charge in [0.25, 0.3) is 0 Å². The standard InChI is InChI=1S/C10H12N4O6S/c11-6-4-14(9(6)17)10(18)13-21(19,20)12-5-1-2-7(15)8(16)3-5/h1-3,6,12,15-16H,4,11H2,(H,13,18)/t6-/m0/s1. The summed E-state index contributed by atoms with van der Waals surface area (Å²) in [5, 5.41) is 18.3. The van der Waals surface area contributed by atoms with Gasteiger partial charge in [-0.1, -0.05) is 0 Å². The summed E-state index contributed by atoms with van der Waals surface area (Å²) >= 11 is 0. The van der Waals surface area contributed by atoms with Crippen LogP contribution in [0.1, 0.15) is 0 Å². The highest BCUT2D eigenvalue weighted by Gasteiger charge is 2.39. The monoisotopic (exact) mass is 316 g/mol. The molecule has 1 saturated heterocycles. The van der Waals surface area contributed by atoms with Crippen LogP contribution in [0.2, 0.25) is 0 Å². The average Bonchev–Trinajstić information content (AvgIpc) is 2.38. The molecule has 0 saturated carbocycles. The molecule has 21 heavy (non-hydrogen) atoms. The van der Waals surface area contributed by atoms with Crippen LogP contribution in [0.25, 0.3) is 0 Å². The van der Waals surface area contributed by atoms with Gasteiger partial charge in [0.15, 0.2) is 11.5 Å². The number of phenolic OH excluding ortho intramolecular Hbond substituents is 2. The van der Waals surface area contributed by atoms with Gasteiger partial charge >= 0.3 is 16.2 Å². The maximum absolute atomic E-state index is 11.7.